The highest BCUT2D eigenvalue weighted by Crippen LogP contribution is 1.93. The third-order valence-corrected chi connectivity index (χ3v) is 2.51. The lowest BCUT2D eigenvalue weighted by Crippen LogP contribution is -2.51. The Labute approximate surface area is 99.9 Å². The van der Waals surface area contributed by atoms with E-state index in [0.29, 0.717) is 26.2 Å². The highest BCUT2D eigenvalue weighted by Gasteiger charge is 2.22. The van der Waals surface area contributed by atoms with Gasteiger partial charge >= 0.3 is 11.8 Å². The van der Waals surface area contributed by atoms with Crippen molar-refractivity contribution in [2.75, 3.05) is 39.8 Å². The summed E-state index contributed by atoms with van der Waals surface area (Å²) in [4.78, 5) is 35.5. The van der Waals surface area contributed by atoms with Crippen LogP contribution in [0.2, 0.25) is 0 Å². The van der Waals surface area contributed by atoms with Crippen molar-refractivity contribution < 1.29 is 14.4 Å². The second kappa shape index (κ2) is 6.85. The number of hydrogen-bond donors (Lipinski definition) is 3. The van der Waals surface area contributed by atoms with E-state index in [1.54, 1.807) is 0 Å². The largest absolute Gasteiger partial charge is 0.359 e. The Kier molecular flexibility index (Phi) is 5.41. The van der Waals surface area contributed by atoms with Crippen LogP contribution in [-0.4, -0.2) is 62.4 Å². The van der Waals surface area contributed by atoms with Crippen molar-refractivity contribution in [1.82, 2.24) is 20.9 Å². The predicted octanol–water partition coefficient (Wildman–Crippen LogP) is -2.33. The molecule has 0 saturated carbocycles. The lowest BCUT2D eigenvalue weighted by Gasteiger charge is -2.26. The van der Waals surface area contributed by atoms with Crippen LogP contribution in [0.3, 0.4) is 0 Å². The second-order valence-corrected chi connectivity index (χ2v) is 3.72. The maximum absolute atomic E-state index is 11.6. The topological polar surface area (TPSA) is 90.5 Å². The zero-order chi connectivity index (χ0) is 12.7. The van der Waals surface area contributed by atoms with Gasteiger partial charge in [0.2, 0.25) is 5.91 Å². The molecule has 1 aliphatic rings. The van der Waals surface area contributed by atoms with Crippen molar-refractivity contribution in [2.24, 2.45) is 0 Å². The minimum absolute atomic E-state index is 0.167. The predicted molar refractivity (Wildman–Crippen MR) is 61.1 cm³/mol. The first-order valence-corrected chi connectivity index (χ1v) is 5.63. The summed E-state index contributed by atoms with van der Waals surface area (Å²) >= 11 is 0. The number of rotatable bonds is 3. The van der Waals surface area contributed by atoms with Gasteiger partial charge in [-0.15, -0.1) is 0 Å². The number of carbonyl (C=O) groups excluding carboxylic acids is 3. The maximum atomic E-state index is 11.6. The smallest absolute Gasteiger partial charge is 0.311 e. The van der Waals surface area contributed by atoms with Gasteiger partial charge in [0.1, 0.15) is 0 Å². The van der Waals surface area contributed by atoms with Gasteiger partial charge < -0.3 is 20.9 Å². The van der Waals surface area contributed by atoms with Gasteiger partial charge in [0.25, 0.3) is 0 Å². The van der Waals surface area contributed by atoms with Crippen molar-refractivity contribution in [3.8, 4) is 0 Å². The fraction of sp³-hybridized carbons (Fsp3) is 0.700. The molecular weight excluding hydrogens is 224 g/mol. The number of hydrogen-bond acceptors (Lipinski definition) is 4. The maximum Gasteiger partial charge on any atom is 0.311 e. The standard InChI is InChI=1S/C10H18N4O3/c1-11-8(15)2-3-13-9(16)10(17)14-6-4-12-5-7-14/h12H,2-7H2,1H3,(H,11,15)(H,13,16). The van der Waals surface area contributed by atoms with Gasteiger partial charge in [0, 0.05) is 46.2 Å². The van der Waals surface area contributed by atoms with Crippen LogP contribution in [0.15, 0.2) is 0 Å². The van der Waals surface area contributed by atoms with Gasteiger partial charge in [0.05, 0.1) is 0 Å². The average molecular weight is 242 g/mol. The van der Waals surface area contributed by atoms with Crippen molar-refractivity contribution >= 4 is 17.7 Å². The van der Waals surface area contributed by atoms with E-state index in [0.717, 1.165) is 0 Å². The first kappa shape index (κ1) is 13.4. The molecule has 1 aliphatic heterocycles. The Balaban J connectivity index is 2.26. The van der Waals surface area contributed by atoms with Crippen molar-refractivity contribution in [3.05, 3.63) is 0 Å². The minimum Gasteiger partial charge on any atom is -0.359 e. The zero-order valence-electron chi connectivity index (χ0n) is 9.91. The molecule has 7 nitrogen and oxygen atoms in total. The summed E-state index contributed by atoms with van der Waals surface area (Å²) in [6.07, 6.45) is 0.178. The number of amides is 3. The molecule has 0 aromatic heterocycles. The third kappa shape index (κ3) is 4.39. The summed E-state index contributed by atoms with van der Waals surface area (Å²) in [5.74, 6) is -1.33. The highest BCUT2D eigenvalue weighted by molar-refractivity contribution is 6.35. The molecule has 7 heteroatoms. The molecule has 0 spiro atoms. The van der Waals surface area contributed by atoms with Gasteiger partial charge in [-0.25, -0.2) is 0 Å². The molecule has 17 heavy (non-hydrogen) atoms. The number of piperazine rings is 1. The van der Waals surface area contributed by atoms with Crippen LogP contribution >= 0.6 is 0 Å². The summed E-state index contributed by atoms with van der Waals surface area (Å²) in [6.45, 7) is 2.67. The first-order chi connectivity index (χ1) is 8.15. The zero-order valence-corrected chi connectivity index (χ0v) is 9.91. The van der Waals surface area contributed by atoms with E-state index < -0.39 is 11.8 Å². The van der Waals surface area contributed by atoms with Gasteiger partial charge in [-0.2, -0.15) is 0 Å². The van der Waals surface area contributed by atoms with Gasteiger partial charge in [-0.1, -0.05) is 0 Å². The summed E-state index contributed by atoms with van der Waals surface area (Å²) in [6, 6.07) is 0. The summed E-state index contributed by atoms with van der Waals surface area (Å²) in [5, 5.41) is 7.97. The monoisotopic (exact) mass is 242 g/mol. The summed E-state index contributed by atoms with van der Waals surface area (Å²) < 4.78 is 0. The number of nitrogens with zero attached hydrogens (tertiary/aromatic N) is 1. The number of nitrogens with one attached hydrogen (secondary N) is 3. The molecule has 96 valence electrons. The molecule has 1 saturated heterocycles. The van der Waals surface area contributed by atoms with E-state index >= 15 is 0 Å². The van der Waals surface area contributed by atoms with Crippen LogP contribution in [-0.2, 0) is 14.4 Å². The van der Waals surface area contributed by atoms with Crippen LogP contribution in [0.1, 0.15) is 6.42 Å². The van der Waals surface area contributed by atoms with E-state index in [2.05, 4.69) is 16.0 Å². The van der Waals surface area contributed by atoms with Crippen LogP contribution in [0.25, 0.3) is 0 Å². The van der Waals surface area contributed by atoms with Crippen LogP contribution in [0.4, 0.5) is 0 Å². The van der Waals surface area contributed by atoms with Gasteiger partial charge in [0.15, 0.2) is 0 Å². The molecule has 0 aromatic carbocycles. The molecule has 3 N–H and O–H groups in total. The van der Waals surface area contributed by atoms with Crippen LogP contribution < -0.4 is 16.0 Å². The van der Waals surface area contributed by atoms with Crippen molar-refractivity contribution in [3.63, 3.8) is 0 Å². The molecule has 0 unspecified atom stereocenters. The molecule has 0 bridgehead atoms. The van der Waals surface area contributed by atoms with E-state index in [4.69, 9.17) is 0 Å². The van der Waals surface area contributed by atoms with E-state index in [-0.39, 0.29) is 18.9 Å². The van der Waals surface area contributed by atoms with Crippen molar-refractivity contribution in [2.45, 2.75) is 6.42 Å². The van der Waals surface area contributed by atoms with Gasteiger partial charge in [-0.3, -0.25) is 14.4 Å². The minimum atomic E-state index is -0.643. The first-order valence-electron chi connectivity index (χ1n) is 5.63. The molecule has 1 rings (SSSR count). The summed E-state index contributed by atoms with van der Waals surface area (Å²) in [5.41, 5.74) is 0. The van der Waals surface area contributed by atoms with E-state index in [9.17, 15) is 14.4 Å². The van der Waals surface area contributed by atoms with Crippen LogP contribution in [0, 0.1) is 0 Å². The molecule has 0 radical (unpaired) electrons. The molecule has 1 fully saturated rings. The summed E-state index contributed by atoms with van der Waals surface area (Å²) in [7, 11) is 1.52. The lowest BCUT2D eigenvalue weighted by molar-refractivity contribution is -0.146. The van der Waals surface area contributed by atoms with E-state index in [1.807, 2.05) is 0 Å². The van der Waals surface area contributed by atoms with E-state index in [1.165, 1.54) is 11.9 Å². The molecule has 0 aliphatic carbocycles. The van der Waals surface area contributed by atoms with Crippen molar-refractivity contribution in [1.29, 1.82) is 0 Å². The Hall–Kier alpha value is -1.63. The average Bonchev–Trinajstić information content (AvgIpc) is 2.38. The highest BCUT2D eigenvalue weighted by atomic mass is 16.2. The SMILES string of the molecule is CNC(=O)CCNC(=O)C(=O)N1CCNCC1. The van der Waals surface area contributed by atoms with Crippen LogP contribution in [0.5, 0.6) is 0 Å². The molecule has 0 atom stereocenters. The van der Waals surface area contributed by atoms with Gasteiger partial charge in [-0.05, 0) is 0 Å². The fourth-order valence-corrected chi connectivity index (χ4v) is 1.50. The molecule has 3 amide bonds. The Morgan fingerprint density at radius 3 is 2.47 bits per heavy atom. The normalized spacial score (nSPS) is 15.2. The Bertz CT molecular complexity index is 300. The fourth-order valence-electron chi connectivity index (χ4n) is 1.50. The lowest BCUT2D eigenvalue weighted by atomic mass is 10.3. The number of carbonyl (C=O) groups is 3. The second-order valence-electron chi connectivity index (χ2n) is 3.72. The molecule has 1 heterocycles. The molecule has 0 aromatic rings. The Morgan fingerprint density at radius 2 is 1.88 bits per heavy atom. The quantitative estimate of drug-likeness (QED) is 0.484. The third-order valence-electron chi connectivity index (χ3n) is 2.51. The Morgan fingerprint density at radius 1 is 1.24 bits per heavy atom. The molecular formula is C10H18N4O3.